The molecule has 0 radical (unpaired) electrons. The number of carbonyl (C=O) groups excluding carboxylic acids is 3. The first-order valence-electron chi connectivity index (χ1n) is 10.8. The third-order valence-electron chi connectivity index (χ3n) is 6.27. The van der Waals surface area contributed by atoms with Gasteiger partial charge in [-0.05, 0) is 44.1 Å². The maximum absolute atomic E-state index is 12.5. The van der Waals surface area contributed by atoms with Crippen molar-refractivity contribution in [1.29, 1.82) is 0 Å². The van der Waals surface area contributed by atoms with Crippen LogP contribution in [0.4, 0.5) is 0 Å². The second-order valence-electron chi connectivity index (χ2n) is 8.84. The smallest absolute Gasteiger partial charge is 0.225 e. The van der Waals surface area contributed by atoms with E-state index >= 15 is 0 Å². The minimum atomic E-state index is -0.198. The summed E-state index contributed by atoms with van der Waals surface area (Å²) in [5, 5.41) is 7.24. The van der Waals surface area contributed by atoms with Crippen molar-refractivity contribution in [3.8, 4) is 0 Å². The molecular weight excluding hydrogens is 370 g/mol. The molecule has 3 aliphatic rings. The molecule has 1 saturated carbocycles. The van der Waals surface area contributed by atoms with Gasteiger partial charge in [-0.15, -0.1) is 0 Å². The standard InChI is InChI=1S/C21H31N5O3/c1-15-11-22-26(12-15)9-6-19(27)24-7-4-16(5-8-24)13-25-14-17(10-20(25)28)21(29)23-18-2-3-18/h11-12,16-18H,2-10,13-14H2,1H3,(H,23,29). The van der Waals surface area contributed by atoms with E-state index in [1.807, 2.05) is 27.6 Å². The summed E-state index contributed by atoms with van der Waals surface area (Å²) in [6.07, 6.45) is 8.51. The van der Waals surface area contributed by atoms with Gasteiger partial charge in [0.25, 0.3) is 0 Å². The summed E-state index contributed by atoms with van der Waals surface area (Å²) in [4.78, 5) is 40.8. The average Bonchev–Trinajstić information content (AvgIpc) is 3.31. The number of nitrogens with one attached hydrogen (secondary N) is 1. The number of piperidine rings is 1. The summed E-state index contributed by atoms with van der Waals surface area (Å²) in [6.45, 7) is 5.34. The van der Waals surface area contributed by atoms with Crippen molar-refractivity contribution in [2.75, 3.05) is 26.2 Å². The van der Waals surface area contributed by atoms with Gasteiger partial charge >= 0.3 is 0 Å². The van der Waals surface area contributed by atoms with Crippen molar-refractivity contribution in [1.82, 2.24) is 24.9 Å². The normalized spacial score (nSPS) is 22.9. The van der Waals surface area contributed by atoms with Crippen LogP contribution in [-0.2, 0) is 20.9 Å². The van der Waals surface area contributed by atoms with Crippen LogP contribution in [0.2, 0.25) is 0 Å². The molecule has 1 N–H and O–H groups in total. The summed E-state index contributed by atoms with van der Waals surface area (Å²) < 4.78 is 1.81. The minimum absolute atomic E-state index is 0.0381. The van der Waals surface area contributed by atoms with Crippen LogP contribution >= 0.6 is 0 Å². The van der Waals surface area contributed by atoms with Crippen LogP contribution in [0.5, 0.6) is 0 Å². The Morgan fingerprint density at radius 1 is 1.21 bits per heavy atom. The topological polar surface area (TPSA) is 87.5 Å². The number of aryl methyl sites for hydroxylation is 2. The van der Waals surface area contributed by atoms with Crippen molar-refractivity contribution in [2.45, 2.75) is 58.0 Å². The van der Waals surface area contributed by atoms with Crippen LogP contribution < -0.4 is 5.32 Å². The van der Waals surface area contributed by atoms with Gasteiger partial charge in [0.05, 0.1) is 12.1 Å². The number of aromatic nitrogens is 2. The maximum Gasteiger partial charge on any atom is 0.225 e. The quantitative estimate of drug-likeness (QED) is 0.737. The van der Waals surface area contributed by atoms with Gasteiger partial charge < -0.3 is 15.1 Å². The fourth-order valence-corrected chi connectivity index (χ4v) is 4.31. The van der Waals surface area contributed by atoms with Crippen LogP contribution in [0.3, 0.4) is 0 Å². The average molecular weight is 402 g/mol. The second kappa shape index (κ2) is 8.55. The largest absolute Gasteiger partial charge is 0.353 e. The molecule has 1 aliphatic carbocycles. The van der Waals surface area contributed by atoms with E-state index in [0.717, 1.165) is 44.3 Å². The van der Waals surface area contributed by atoms with Gasteiger partial charge in [0.2, 0.25) is 17.7 Å². The van der Waals surface area contributed by atoms with Gasteiger partial charge in [0.1, 0.15) is 0 Å². The molecule has 2 aliphatic heterocycles. The van der Waals surface area contributed by atoms with Crippen molar-refractivity contribution in [2.24, 2.45) is 11.8 Å². The molecule has 1 unspecified atom stereocenters. The third kappa shape index (κ3) is 5.16. The highest BCUT2D eigenvalue weighted by molar-refractivity contribution is 5.89. The monoisotopic (exact) mass is 401 g/mol. The third-order valence-corrected chi connectivity index (χ3v) is 6.27. The second-order valence-corrected chi connectivity index (χ2v) is 8.84. The minimum Gasteiger partial charge on any atom is -0.353 e. The van der Waals surface area contributed by atoms with Gasteiger partial charge in [-0.3, -0.25) is 19.1 Å². The first-order valence-corrected chi connectivity index (χ1v) is 10.8. The zero-order chi connectivity index (χ0) is 20.4. The van der Waals surface area contributed by atoms with Crippen LogP contribution in [0.25, 0.3) is 0 Å². The van der Waals surface area contributed by atoms with Crippen molar-refractivity contribution < 1.29 is 14.4 Å². The highest BCUT2D eigenvalue weighted by atomic mass is 16.2. The Bertz CT molecular complexity index is 764. The molecule has 0 spiro atoms. The molecule has 2 saturated heterocycles. The van der Waals surface area contributed by atoms with Crippen LogP contribution in [-0.4, -0.2) is 69.5 Å². The van der Waals surface area contributed by atoms with Gasteiger partial charge in [0, 0.05) is 57.8 Å². The van der Waals surface area contributed by atoms with Gasteiger partial charge in [-0.1, -0.05) is 0 Å². The Balaban J connectivity index is 1.18. The Kier molecular flexibility index (Phi) is 5.87. The highest BCUT2D eigenvalue weighted by Crippen LogP contribution is 2.26. The van der Waals surface area contributed by atoms with E-state index in [1.165, 1.54) is 0 Å². The molecule has 29 heavy (non-hydrogen) atoms. The lowest BCUT2D eigenvalue weighted by molar-refractivity contribution is -0.134. The molecule has 0 bridgehead atoms. The van der Waals surface area contributed by atoms with E-state index in [-0.39, 0.29) is 23.6 Å². The molecule has 3 heterocycles. The van der Waals surface area contributed by atoms with E-state index < -0.39 is 0 Å². The van der Waals surface area contributed by atoms with Gasteiger partial charge in [0.15, 0.2) is 0 Å². The van der Waals surface area contributed by atoms with Crippen LogP contribution in [0.1, 0.15) is 44.1 Å². The molecule has 1 aromatic rings. The summed E-state index contributed by atoms with van der Waals surface area (Å²) in [6, 6.07) is 0.339. The predicted molar refractivity (Wildman–Crippen MR) is 107 cm³/mol. The number of likely N-dealkylation sites (tertiary alicyclic amines) is 2. The lowest BCUT2D eigenvalue weighted by atomic mass is 9.96. The predicted octanol–water partition coefficient (Wildman–Crippen LogP) is 0.947. The van der Waals surface area contributed by atoms with Gasteiger partial charge in [-0.2, -0.15) is 5.10 Å². The fraction of sp³-hybridized carbons (Fsp3) is 0.714. The Morgan fingerprint density at radius 3 is 2.62 bits per heavy atom. The van der Waals surface area contributed by atoms with E-state index in [0.29, 0.717) is 44.4 Å². The van der Waals surface area contributed by atoms with E-state index in [1.54, 1.807) is 6.20 Å². The first kappa shape index (κ1) is 19.9. The number of carbonyl (C=O) groups is 3. The van der Waals surface area contributed by atoms with Crippen molar-refractivity contribution in [3.05, 3.63) is 18.0 Å². The molecular formula is C21H31N5O3. The Hall–Kier alpha value is -2.38. The van der Waals surface area contributed by atoms with Crippen LogP contribution in [0, 0.1) is 18.8 Å². The van der Waals surface area contributed by atoms with E-state index in [2.05, 4.69) is 10.4 Å². The SMILES string of the molecule is Cc1cnn(CCC(=O)N2CCC(CN3CC(C(=O)NC4CC4)CC3=O)CC2)c1. The first-order chi connectivity index (χ1) is 14.0. The molecule has 3 fully saturated rings. The maximum atomic E-state index is 12.5. The molecule has 1 aromatic heterocycles. The van der Waals surface area contributed by atoms with Crippen molar-refractivity contribution >= 4 is 17.7 Å². The summed E-state index contributed by atoms with van der Waals surface area (Å²) in [5.41, 5.74) is 1.10. The van der Waals surface area contributed by atoms with Crippen LogP contribution in [0.15, 0.2) is 12.4 Å². The number of hydrogen-bond acceptors (Lipinski definition) is 4. The molecule has 158 valence electrons. The lowest BCUT2D eigenvalue weighted by Crippen LogP contribution is -2.42. The molecule has 1 atom stereocenters. The van der Waals surface area contributed by atoms with E-state index in [4.69, 9.17) is 0 Å². The summed E-state index contributed by atoms with van der Waals surface area (Å²) >= 11 is 0. The number of amides is 3. The zero-order valence-corrected chi connectivity index (χ0v) is 17.2. The molecule has 3 amide bonds. The highest BCUT2D eigenvalue weighted by Gasteiger charge is 2.37. The molecule has 0 aromatic carbocycles. The number of hydrogen-bond donors (Lipinski definition) is 1. The fourth-order valence-electron chi connectivity index (χ4n) is 4.31. The molecule has 4 rings (SSSR count). The Labute approximate surface area is 171 Å². The number of rotatable bonds is 7. The zero-order valence-electron chi connectivity index (χ0n) is 17.2. The lowest BCUT2D eigenvalue weighted by Gasteiger charge is -2.34. The van der Waals surface area contributed by atoms with Crippen molar-refractivity contribution in [3.63, 3.8) is 0 Å². The summed E-state index contributed by atoms with van der Waals surface area (Å²) in [5.74, 6) is 0.508. The molecule has 8 nitrogen and oxygen atoms in total. The van der Waals surface area contributed by atoms with Gasteiger partial charge in [-0.25, -0.2) is 0 Å². The van der Waals surface area contributed by atoms with E-state index in [9.17, 15) is 14.4 Å². The number of nitrogens with zero attached hydrogens (tertiary/aromatic N) is 4. The molecule has 8 heteroatoms. The Morgan fingerprint density at radius 2 is 1.97 bits per heavy atom. The summed E-state index contributed by atoms with van der Waals surface area (Å²) in [7, 11) is 0.